The summed E-state index contributed by atoms with van der Waals surface area (Å²) in [5, 5.41) is 19.0. The van der Waals surface area contributed by atoms with Crippen molar-refractivity contribution in [3.05, 3.63) is 165 Å². The third kappa shape index (κ3) is 7.23. The SMILES string of the molecule is O=C(NCc1cccc(-c2nc(C(=O)NCc3ccc(Oc4ccc([N+](=O)[O-])cc4)cc3)cs2)c1)OCC1c2ccccc2-c2ccccc21. The molecule has 1 heterocycles. The molecule has 0 saturated carbocycles. The van der Waals surface area contributed by atoms with E-state index < -0.39 is 11.0 Å². The van der Waals surface area contributed by atoms with Gasteiger partial charge in [-0.1, -0.05) is 78.9 Å². The number of nitro groups is 1. The number of hydrogen-bond acceptors (Lipinski definition) is 8. The highest BCUT2D eigenvalue weighted by atomic mass is 32.1. The summed E-state index contributed by atoms with van der Waals surface area (Å²) in [6.45, 7) is 0.815. The van der Waals surface area contributed by atoms with Crippen LogP contribution in [-0.2, 0) is 17.8 Å². The van der Waals surface area contributed by atoms with E-state index in [1.165, 1.54) is 46.7 Å². The molecule has 11 heteroatoms. The van der Waals surface area contributed by atoms with Gasteiger partial charge in [0.1, 0.15) is 28.8 Å². The Bertz CT molecular complexity index is 2140. The van der Waals surface area contributed by atoms with Gasteiger partial charge in [0, 0.05) is 42.1 Å². The van der Waals surface area contributed by atoms with Crippen molar-refractivity contribution in [3.8, 4) is 33.2 Å². The number of fused-ring (bicyclic) bond motifs is 3. The summed E-state index contributed by atoms with van der Waals surface area (Å²) in [5.74, 6) is 0.734. The van der Waals surface area contributed by atoms with Crippen LogP contribution in [0.3, 0.4) is 0 Å². The lowest BCUT2D eigenvalue weighted by Crippen LogP contribution is -2.25. The average molecular weight is 683 g/mol. The Morgan fingerprint density at radius 1 is 0.760 bits per heavy atom. The zero-order valence-electron chi connectivity index (χ0n) is 26.6. The van der Waals surface area contributed by atoms with E-state index in [1.807, 2.05) is 60.7 Å². The third-order valence-corrected chi connectivity index (χ3v) is 9.24. The molecule has 1 aliphatic rings. The number of nitro benzene ring substituents is 1. The molecule has 1 aliphatic carbocycles. The van der Waals surface area contributed by atoms with Crippen molar-refractivity contribution in [2.24, 2.45) is 0 Å². The first-order valence-electron chi connectivity index (χ1n) is 15.8. The maximum Gasteiger partial charge on any atom is 0.407 e. The number of aromatic nitrogens is 1. The molecule has 50 heavy (non-hydrogen) atoms. The fourth-order valence-electron chi connectivity index (χ4n) is 5.87. The summed E-state index contributed by atoms with van der Waals surface area (Å²) in [5.41, 5.74) is 7.55. The number of non-ortho nitro benzene ring substituents is 1. The number of ether oxygens (including phenoxy) is 2. The lowest BCUT2D eigenvalue weighted by molar-refractivity contribution is -0.384. The highest BCUT2D eigenvalue weighted by Gasteiger charge is 2.29. The molecule has 0 aliphatic heterocycles. The van der Waals surface area contributed by atoms with Crippen LogP contribution in [-0.4, -0.2) is 28.5 Å². The zero-order valence-corrected chi connectivity index (χ0v) is 27.4. The summed E-state index contributed by atoms with van der Waals surface area (Å²) >= 11 is 1.36. The third-order valence-electron chi connectivity index (χ3n) is 8.35. The largest absolute Gasteiger partial charge is 0.457 e. The number of carbonyl (C=O) groups is 2. The van der Waals surface area contributed by atoms with Crippen molar-refractivity contribution in [1.29, 1.82) is 0 Å². The fraction of sp³-hybridized carbons (Fsp3) is 0.103. The van der Waals surface area contributed by atoms with Gasteiger partial charge in [-0.3, -0.25) is 14.9 Å². The molecule has 248 valence electrons. The van der Waals surface area contributed by atoms with Crippen molar-refractivity contribution in [2.45, 2.75) is 19.0 Å². The topological polar surface area (TPSA) is 133 Å². The molecule has 7 rings (SSSR count). The van der Waals surface area contributed by atoms with E-state index in [0.29, 0.717) is 28.7 Å². The molecule has 0 bridgehead atoms. The lowest BCUT2D eigenvalue weighted by Gasteiger charge is -2.14. The first-order valence-corrected chi connectivity index (χ1v) is 16.7. The maximum absolute atomic E-state index is 12.9. The molecule has 6 aromatic rings. The first kappa shape index (κ1) is 32.2. The molecule has 0 spiro atoms. The Morgan fingerprint density at radius 2 is 1.40 bits per heavy atom. The van der Waals surface area contributed by atoms with Gasteiger partial charge in [0.05, 0.1) is 4.92 Å². The Kier molecular flexibility index (Phi) is 9.30. The van der Waals surface area contributed by atoms with E-state index in [4.69, 9.17) is 9.47 Å². The molecular formula is C39H30N4O6S. The van der Waals surface area contributed by atoms with Gasteiger partial charge < -0.3 is 20.1 Å². The maximum atomic E-state index is 12.9. The van der Waals surface area contributed by atoms with Gasteiger partial charge in [0.15, 0.2) is 0 Å². The molecule has 0 atom stereocenters. The minimum atomic E-state index is -0.489. The van der Waals surface area contributed by atoms with E-state index in [9.17, 15) is 19.7 Å². The number of rotatable bonds is 11. The molecule has 0 fully saturated rings. The van der Waals surface area contributed by atoms with Crippen LogP contribution in [0.2, 0.25) is 0 Å². The van der Waals surface area contributed by atoms with Gasteiger partial charge in [-0.15, -0.1) is 11.3 Å². The number of alkyl carbamates (subject to hydrolysis) is 1. The van der Waals surface area contributed by atoms with Crippen LogP contribution < -0.4 is 15.4 Å². The second-order valence-electron chi connectivity index (χ2n) is 11.6. The van der Waals surface area contributed by atoms with Gasteiger partial charge in [0.25, 0.3) is 11.6 Å². The smallest absolute Gasteiger partial charge is 0.407 e. The molecule has 2 amide bonds. The number of benzene rings is 5. The predicted octanol–water partition coefficient (Wildman–Crippen LogP) is 8.48. The Balaban J connectivity index is 0.894. The van der Waals surface area contributed by atoms with E-state index in [2.05, 4.69) is 39.9 Å². The highest BCUT2D eigenvalue weighted by molar-refractivity contribution is 7.13. The van der Waals surface area contributed by atoms with Crippen LogP contribution in [0.4, 0.5) is 10.5 Å². The molecule has 2 N–H and O–H groups in total. The molecule has 5 aromatic carbocycles. The quantitative estimate of drug-likeness (QED) is 0.103. The molecule has 0 saturated heterocycles. The normalized spacial score (nSPS) is 11.7. The van der Waals surface area contributed by atoms with Crippen molar-refractivity contribution in [3.63, 3.8) is 0 Å². The molecule has 0 unspecified atom stereocenters. The van der Waals surface area contributed by atoms with Crippen molar-refractivity contribution in [1.82, 2.24) is 15.6 Å². The number of nitrogens with one attached hydrogen (secondary N) is 2. The summed E-state index contributed by atoms with van der Waals surface area (Å²) in [6, 6.07) is 37.1. The van der Waals surface area contributed by atoms with Crippen molar-refractivity contribution in [2.75, 3.05) is 6.61 Å². The van der Waals surface area contributed by atoms with Crippen LogP contribution in [0.25, 0.3) is 21.7 Å². The lowest BCUT2D eigenvalue weighted by atomic mass is 9.98. The average Bonchev–Trinajstić information content (AvgIpc) is 3.77. The summed E-state index contributed by atoms with van der Waals surface area (Å²) in [4.78, 5) is 40.5. The predicted molar refractivity (Wildman–Crippen MR) is 190 cm³/mol. The van der Waals surface area contributed by atoms with Gasteiger partial charge in [-0.2, -0.15) is 0 Å². The van der Waals surface area contributed by atoms with Crippen LogP contribution in [0.5, 0.6) is 11.5 Å². The highest BCUT2D eigenvalue weighted by Crippen LogP contribution is 2.44. The fourth-order valence-corrected chi connectivity index (χ4v) is 6.67. The number of amides is 2. The minimum absolute atomic E-state index is 0.00943. The van der Waals surface area contributed by atoms with Gasteiger partial charge in [-0.25, -0.2) is 9.78 Å². The zero-order chi connectivity index (χ0) is 34.5. The number of hydrogen-bond donors (Lipinski definition) is 2. The van der Waals surface area contributed by atoms with Crippen LogP contribution >= 0.6 is 11.3 Å². The van der Waals surface area contributed by atoms with E-state index in [1.54, 1.807) is 17.5 Å². The number of nitrogens with zero attached hydrogens (tertiary/aromatic N) is 2. The number of thiazole rings is 1. The van der Waals surface area contributed by atoms with E-state index in [0.717, 1.165) is 27.8 Å². The monoisotopic (exact) mass is 682 g/mol. The van der Waals surface area contributed by atoms with Crippen LogP contribution in [0.1, 0.15) is 38.7 Å². The van der Waals surface area contributed by atoms with E-state index in [-0.39, 0.29) is 30.7 Å². The van der Waals surface area contributed by atoms with E-state index >= 15 is 0 Å². The summed E-state index contributed by atoms with van der Waals surface area (Å²) in [7, 11) is 0. The number of carbonyl (C=O) groups excluding carboxylic acids is 2. The standard InChI is InChI=1S/C39H30N4O6S/c44-37(40-21-25-12-16-29(17-13-25)49-30-18-14-28(15-19-30)43(46)47)36-24-50-38(42-36)27-7-5-6-26(20-27)22-41-39(45)48-23-35-33-10-3-1-8-31(33)32-9-2-4-11-34(32)35/h1-20,24,35H,21-23H2,(H,40,44)(H,41,45). The second kappa shape index (κ2) is 14.4. The van der Waals surface area contributed by atoms with Crippen molar-refractivity contribution >= 4 is 29.0 Å². The Hall–Kier alpha value is -6.33. The molecule has 0 radical (unpaired) electrons. The molecular weight excluding hydrogens is 653 g/mol. The van der Waals surface area contributed by atoms with Crippen molar-refractivity contribution < 1.29 is 24.0 Å². The van der Waals surface area contributed by atoms with Gasteiger partial charge in [-0.05, 0) is 63.7 Å². The Morgan fingerprint density at radius 3 is 2.08 bits per heavy atom. The van der Waals surface area contributed by atoms with Gasteiger partial charge >= 0.3 is 6.09 Å². The van der Waals surface area contributed by atoms with Gasteiger partial charge in [0.2, 0.25) is 0 Å². The summed E-state index contributed by atoms with van der Waals surface area (Å²) in [6.07, 6.45) is -0.489. The first-order chi connectivity index (χ1) is 24.4. The second-order valence-corrected chi connectivity index (χ2v) is 12.5. The van der Waals surface area contributed by atoms with Crippen LogP contribution in [0.15, 0.2) is 127 Å². The molecule has 10 nitrogen and oxygen atoms in total. The molecule has 1 aromatic heterocycles. The summed E-state index contributed by atoms with van der Waals surface area (Å²) < 4.78 is 11.4. The van der Waals surface area contributed by atoms with Crippen LogP contribution in [0, 0.1) is 10.1 Å². The minimum Gasteiger partial charge on any atom is -0.457 e. The Labute approximate surface area is 291 Å².